The average Bonchev–Trinajstić information content (AvgIpc) is 2.49. The number of benzene rings is 1. The molecule has 0 fully saturated rings. The maximum absolute atomic E-state index is 13.1. The van der Waals surface area contributed by atoms with Gasteiger partial charge >= 0.3 is 0 Å². The van der Waals surface area contributed by atoms with E-state index < -0.39 is 11.7 Å². The number of nitrogens with one attached hydrogen (secondary N) is 2. The molecule has 2 N–H and O–H groups in total. The van der Waals surface area contributed by atoms with Crippen LogP contribution >= 0.6 is 11.6 Å². The number of aromatic nitrogens is 2. The number of carbonyl (C=O) groups is 1. The first-order valence-corrected chi connectivity index (χ1v) is 7.16. The van der Waals surface area contributed by atoms with Gasteiger partial charge in [0.25, 0.3) is 5.91 Å². The zero-order valence-corrected chi connectivity index (χ0v) is 13.0. The highest BCUT2D eigenvalue weighted by Crippen LogP contribution is 2.19. The third-order valence-corrected chi connectivity index (χ3v) is 3.06. The highest BCUT2D eigenvalue weighted by atomic mass is 35.5. The summed E-state index contributed by atoms with van der Waals surface area (Å²) in [5, 5.41) is 5.67. The molecule has 0 aliphatic carbocycles. The van der Waals surface area contributed by atoms with Gasteiger partial charge in [0.1, 0.15) is 23.7 Å². The Morgan fingerprint density at radius 2 is 2.09 bits per heavy atom. The number of carbonyl (C=O) groups excluding carboxylic acids is 1. The molecule has 2 aromatic rings. The molecule has 5 nitrogen and oxygen atoms in total. The van der Waals surface area contributed by atoms with Crippen LogP contribution < -0.4 is 10.6 Å². The lowest BCUT2D eigenvalue weighted by Gasteiger charge is -2.09. The summed E-state index contributed by atoms with van der Waals surface area (Å²) in [6, 6.07) is 5.52. The van der Waals surface area contributed by atoms with Gasteiger partial charge in [-0.1, -0.05) is 25.4 Å². The normalized spacial score (nSPS) is 10.6. The number of halogens is 2. The van der Waals surface area contributed by atoms with Crippen LogP contribution in [-0.4, -0.2) is 22.4 Å². The Hall–Kier alpha value is -2.21. The van der Waals surface area contributed by atoms with Crippen LogP contribution in [-0.2, 0) is 0 Å². The van der Waals surface area contributed by atoms with Gasteiger partial charge in [-0.25, -0.2) is 14.4 Å². The van der Waals surface area contributed by atoms with E-state index >= 15 is 0 Å². The summed E-state index contributed by atoms with van der Waals surface area (Å²) in [7, 11) is 0. The number of rotatable bonds is 5. The molecule has 2 rings (SSSR count). The van der Waals surface area contributed by atoms with Crippen LogP contribution in [0.2, 0.25) is 5.02 Å². The molecule has 0 saturated carbocycles. The molecule has 0 unspecified atom stereocenters. The van der Waals surface area contributed by atoms with Gasteiger partial charge in [0.15, 0.2) is 0 Å². The standard InChI is InChI=1S/C15H16ClFN4O/c1-9(2)7-18-14-6-13(19-8-20-14)15(22)21-10-3-4-12(17)11(16)5-10/h3-6,8-9H,7H2,1-2H3,(H,21,22)(H,18,19,20). The number of hydrogen-bond donors (Lipinski definition) is 2. The number of hydrogen-bond acceptors (Lipinski definition) is 4. The largest absolute Gasteiger partial charge is 0.370 e. The molecular formula is C15H16ClFN4O. The summed E-state index contributed by atoms with van der Waals surface area (Å²) < 4.78 is 13.1. The molecule has 0 spiro atoms. The van der Waals surface area contributed by atoms with E-state index in [-0.39, 0.29) is 10.7 Å². The van der Waals surface area contributed by atoms with Crippen molar-refractivity contribution in [3.05, 3.63) is 47.1 Å². The van der Waals surface area contributed by atoms with Gasteiger partial charge in [0.05, 0.1) is 5.02 Å². The minimum atomic E-state index is -0.540. The van der Waals surface area contributed by atoms with Crippen LogP contribution in [0.4, 0.5) is 15.9 Å². The molecule has 0 atom stereocenters. The predicted octanol–water partition coefficient (Wildman–Crippen LogP) is 3.59. The Morgan fingerprint density at radius 1 is 1.32 bits per heavy atom. The number of anilines is 2. The van der Waals surface area contributed by atoms with E-state index in [0.29, 0.717) is 17.4 Å². The van der Waals surface area contributed by atoms with Crippen LogP contribution in [0.1, 0.15) is 24.3 Å². The second-order valence-electron chi connectivity index (χ2n) is 5.15. The van der Waals surface area contributed by atoms with Gasteiger partial charge in [-0.3, -0.25) is 4.79 Å². The quantitative estimate of drug-likeness (QED) is 0.882. The maximum Gasteiger partial charge on any atom is 0.274 e. The summed E-state index contributed by atoms with van der Waals surface area (Å²) in [6.45, 7) is 4.88. The first kappa shape index (κ1) is 16.2. The summed E-state index contributed by atoms with van der Waals surface area (Å²) in [6.07, 6.45) is 1.31. The van der Waals surface area contributed by atoms with E-state index in [1.165, 1.54) is 24.5 Å². The second kappa shape index (κ2) is 7.17. The van der Waals surface area contributed by atoms with E-state index in [1.54, 1.807) is 6.07 Å². The number of nitrogens with zero attached hydrogens (tertiary/aromatic N) is 2. The Morgan fingerprint density at radius 3 is 2.77 bits per heavy atom. The van der Waals surface area contributed by atoms with E-state index in [4.69, 9.17) is 11.6 Å². The zero-order valence-electron chi connectivity index (χ0n) is 12.2. The van der Waals surface area contributed by atoms with Crippen molar-refractivity contribution in [2.45, 2.75) is 13.8 Å². The first-order chi connectivity index (χ1) is 10.5. The fourth-order valence-electron chi connectivity index (χ4n) is 1.66. The van der Waals surface area contributed by atoms with Crippen LogP contribution in [0, 0.1) is 11.7 Å². The summed E-state index contributed by atoms with van der Waals surface area (Å²) in [5.41, 5.74) is 0.605. The Kier molecular flexibility index (Phi) is 5.27. The van der Waals surface area contributed by atoms with Gasteiger partial charge in [0, 0.05) is 18.3 Å². The number of amides is 1. The Labute approximate surface area is 132 Å². The van der Waals surface area contributed by atoms with Crippen molar-refractivity contribution in [2.24, 2.45) is 5.92 Å². The zero-order chi connectivity index (χ0) is 16.1. The minimum absolute atomic E-state index is 0.0558. The molecule has 0 bridgehead atoms. The minimum Gasteiger partial charge on any atom is -0.370 e. The summed E-state index contributed by atoms with van der Waals surface area (Å²) in [4.78, 5) is 20.1. The molecule has 7 heteroatoms. The van der Waals surface area contributed by atoms with E-state index in [9.17, 15) is 9.18 Å². The van der Waals surface area contributed by atoms with Crippen LogP contribution in [0.15, 0.2) is 30.6 Å². The van der Waals surface area contributed by atoms with Gasteiger partial charge < -0.3 is 10.6 Å². The molecule has 0 radical (unpaired) electrons. The van der Waals surface area contributed by atoms with Crippen LogP contribution in [0.3, 0.4) is 0 Å². The summed E-state index contributed by atoms with van der Waals surface area (Å²) >= 11 is 5.68. The van der Waals surface area contributed by atoms with E-state index in [0.717, 1.165) is 6.54 Å². The van der Waals surface area contributed by atoms with Gasteiger partial charge in [-0.2, -0.15) is 0 Å². The molecule has 1 heterocycles. The van der Waals surface area contributed by atoms with Crippen LogP contribution in [0.25, 0.3) is 0 Å². The van der Waals surface area contributed by atoms with Crippen molar-refractivity contribution in [1.82, 2.24) is 9.97 Å². The van der Waals surface area contributed by atoms with Gasteiger partial charge in [-0.05, 0) is 24.1 Å². The van der Waals surface area contributed by atoms with Crippen molar-refractivity contribution < 1.29 is 9.18 Å². The fourth-order valence-corrected chi connectivity index (χ4v) is 1.84. The lowest BCUT2D eigenvalue weighted by Crippen LogP contribution is -2.15. The van der Waals surface area contributed by atoms with Crippen molar-refractivity contribution >= 4 is 29.0 Å². The molecule has 0 aliphatic rings. The van der Waals surface area contributed by atoms with Crippen molar-refractivity contribution in [3.8, 4) is 0 Å². The van der Waals surface area contributed by atoms with Crippen molar-refractivity contribution in [3.63, 3.8) is 0 Å². The summed E-state index contributed by atoms with van der Waals surface area (Å²) in [5.74, 6) is 0.0686. The third kappa shape index (κ3) is 4.39. The molecule has 1 aromatic carbocycles. The lowest BCUT2D eigenvalue weighted by molar-refractivity contribution is 0.102. The molecule has 0 saturated heterocycles. The molecular weight excluding hydrogens is 307 g/mol. The van der Waals surface area contributed by atoms with E-state index in [1.807, 2.05) is 0 Å². The highest BCUT2D eigenvalue weighted by molar-refractivity contribution is 6.31. The lowest BCUT2D eigenvalue weighted by atomic mass is 10.2. The van der Waals surface area contributed by atoms with Crippen LogP contribution in [0.5, 0.6) is 0 Å². The Balaban J connectivity index is 2.08. The fraction of sp³-hybridized carbons (Fsp3) is 0.267. The van der Waals surface area contributed by atoms with Gasteiger partial charge in [0.2, 0.25) is 0 Å². The third-order valence-electron chi connectivity index (χ3n) is 2.77. The maximum atomic E-state index is 13.1. The molecule has 116 valence electrons. The van der Waals surface area contributed by atoms with Crippen molar-refractivity contribution in [2.75, 3.05) is 17.2 Å². The monoisotopic (exact) mass is 322 g/mol. The molecule has 0 aliphatic heterocycles. The first-order valence-electron chi connectivity index (χ1n) is 6.78. The topological polar surface area (TPSA) is 66.9 Å². The van der Waals surface area contributed by atoms with Gasteiger partial charge in [-0.15, -0.1) is 0 Å². The SMILES string of the molecule is CC(C)CNc1cc(C(=O)Nc2ccc(F)c(Cl)c2)ncn1. The average molecular weight is 323 g/mol. The second-order valence-corrected chi connectivity index (χ2v) is 5.55. The Bertz CT molecular complexity index is 678. The molecule has 1 amide bonds. The van der Waals surface area contributed by atoms with Crippen molar-refractivity contribution in [1.29, 1.82) is 0 Å². The predicted molar refractivity (Wildman–Crippen MR) is 84.7 cm³/mol. The molecule has 22 heavy (non-hydrogen) atoms. The van der Waals surface area contributed by atoms with E-state index in [2.05, 4.69) is 34.4 Å². The highest BCUT2D eigenvalue weighted by Gasteiger charge is 2.10. The molecule has 1 aromatic heterocycles. The smallest absolute Gasteiger partial charge is 0.274 e.